The first-order valence-electron chi connectivity index (χ1n) is 30.9. The summed E-state index contributed by atoms with van der Waals surface area (Å²) >= 11 is 0. The van der Waals surface area contributed by atoms with Gasteiger partial charge in [0.1, 0.15) is 17.2 Å². The van der Waals surface area contributed by atoms with Crippen LogP contribution < -0.4 is 34.3 Å². The van der Waals surface area contributed by atoms with Crippen molar-refractivity contribution in [3.05, 3.63) is 106 Å². The third-order valence-electron chi connectivity index (χ3n) is 21.5. The third-order valence-corrected chi connectivity index (χ3v) is 21.5. The SMILES string of the molecule is COc1cc([C@@H]2COc3cc4c5c(c3[C@H]2O)CCc2c(OC)cc(O[C@]36CCC[C@H](CCC(C)C)[C@H]3CC[C@@H](C)N6)c(c2-5)[C@@H](O)N4)cc(OC[C@H](CO)[C@]23CCC[C@H](C4(N5C(=O)C=CC5=O)CCCCC4)[C@H]2C=Cc2ccccc23)c1O. The Morgan fingerprint density at radius 3 is 2.32 bits per heavy atom. The molecule has 14 heteroatoms. The Bertz CT molecular complexity index is 3200. The second-order valence-electron chi connectivity index (χ2n) is 26.1. The molecule has 4 heterocycles. The van der Waals surface area contributed by atoms with Gasteiger partial charge in [-0.2, -0.15) is 0 Å². The largest absolute Gasteiger partial charge is 0.502 e. The number of aliphatic hydroxyl groups is 3. The summed E-state index contributed by atoms with van der Waals surface area (Å²) in [6.45, 7) is 6.78. The summed E-state index contributed by atoms with van der Waals surface area (Å²) in [6.07, 6.45) is 20.8. The van der Waals surface area contributed by atoms with E-state index in [2.05, 4.69) is 55.7 Å². The highest BCUT2D eigenvalue weighted by Gasteiger charge is 2.61. The Kier molecular flexibility index (Phi) is 14.5. The molecular weight excluding hydrogens is 1030 g/mol. The normalized spacial score (nSPS) is 30.5. The minimum Gasteiger partial charge on any atom is -0.502 e. The number of piperidine rings is 1. The fraction of sp³-hybridized carbons (Fsp3) is 0.559. The fourth-order valence-corrected chi connectivity index (χ4v) is 17.9. The summed E-state index contributed by atoms with van der Waals surface area (Å²) in [6, 6.07) is 16.0. The molecule has 4 aliphatic heterocycles. The molecule has 436 valence electrons. The lowest BCUT2D eigenvalue weighted by molar-refractivity contribution is -0.153. The van der Waals surface area contributed by atoms with Crippen molar-refractivity contribution in [3.8, 4) is 45.6 Å². The first kappa shape index (κ1) is 55.1. The molecule has 14 nitrogen and oxygen atoms in total. The van der Waals surface area contributed by atoms with E-state index in [1.165, 1.54) is 38.5 Å². The van der Waals surface area contributed by atoms with Crippen LogP contribution in [0.3, 0.4) is 0 Å². The molecule has 1 saturated heterocycles. The van der Waals surface area contributed by atoms with Crippen molar-refractivity contribution >= 4 is 23.6 Å². The quantitative estimate of drug-likeness (QED) is 0.0618. The van der Waals surface area contributed by atoms with Crippen LogP contribution in [0.1, 0.15) is 174 Å². The van der Waals surface area contributed by atoms with E-state index < -0.39 is 40.8 Å². The number of carbonyl (C=O) groups is 2. The van der Waals surface area contributed by atoms with Crippen molar-refractivity contribution in [2.24, 2.45) is 35.5 Å². The smallest absolute Gasteiger partial charge is 0.254 e. The van der Waals surface area contributed by atoms with Crippen LogP contribution in [0.15, 0.2) is 66.8 Å². The zero-order valence-corrected chi connectivity index (χ0v) is 48.4. The standard InChI is InChI=1S/C68H83N3O11/c1-38(2)17-19-41-14-11-30-68(48(41)23-18-39(3)70-68)82-54-34-52(78-4)44-21-22-45-59-51(69-65(77)62(54)61(44)59)33-53-60(45)63(75)46(37-81-53)42-31-55(79-5)64(76)56(32-42)80-36-43(35-72)67-29-12-16-49(50(67)24-20-40-13-7-8-15-47(40)67)66(27-9-6-10-28-66)71-57(73)25-26-58(71)74/h7-8,13,15,20,24-26,31-34,38-39,41,43,46,48-50,63,65,69-70,72,75-77H,6,9-12,14,16-19,21-23,27-30,35-37H2,1-5H3/t39-,41-,43+,46+,48-,49+,50-,63+,65-,67+,68-/m1/s1. The summed E-state index contributed by atoms with van der Waals surface area (Å²) < 4.78 is 33.0. The van der Waals surface area contributed by atoms with Crippen molar-refractivity contribution in [3.63, 3.8) is 0 Å². The van der Waals surface area contributed by atoms with Gasteiger partial charge in [0.15, 0.2) is 23.5 Å². The number of hydrogen-bond donors (Lipinski definition) is 6. The van der Waals surface area contributed by atoms with Gasteiger partial charge < -0.3 is 49.4 Å². The number of nitrogens with one attached hydrogen (secondary N) is 2. The number of carbonyl (C=O) groups excluding carboxylic acids is 2. The molecular formula is C68H83N3O11. The van der Waals surface area contributed by atoms with Crippen LogP contribution >= 0.6 is 0 Å². The van der Waals surface area contributed by atoms with Gasteiger partial charge in [0.2, 0.25) is 5.75 Å². The minimum atomic E-state index is -1.08. The number of ether oxygens (including phenoxy) is 5. The zero-order valence-electron chi connectivity index (χ0n) is 48.4. The first-order chi connectivity index (χ1) is 39.7. The van der Waals surface area contributed by atoms with E-state index in [0.717, 1.165) is 116 Å². The number of rotatable bonds is 15. The summed E-state index contributed by atoms with van der Waals surface area (Å²) in [5.74, 6) is 1.71. The van der Waals surface area contributed by atoms with Crippen LogP contribution in [0.25, 0.3) is 17.2 Å². The average molecular weight is 1120 g/mol. The number of hydrogen-bond acceptors (Lipinski definition) is 13. The maximum atomic E-state index is 13.7. The summed E-state index contributed by atoms with van der Waals surface area (Å²) in [4.78, 5) is 29.0. The van der Waals surface area contributed by atoms with Gasteiger partial charge in [0.05, 0.1) is 51.2 Å². The van der Waals surface area contributed by atoms with Gasteiger partial charge in [-0.25, -0.2) is 0 Å². The van der Waals surface area contributed by atoms with E-state index in [0.29, 0.717) is 64.5 Å². The molecule has 0 bridgehead atoms. The number of aliphatic hydroxyl groups excluding tert-OH is 3. The van der Waals surface area contributed by atoms with E-state index in [1.54, 1.807) is 24.1 Å². The van der Waals surface area contributed by atoms with Gasteiger partial charge in [-0.05, 0) is 136 Å². The molecule has 82 heavy (non-hydrogen) atoms. The highest BCUT2D eigenvalue weighted by Crippen LogP contribution is 2.62. The number of phenols is 1. The maximum Gasteiger partial charge on any atom is 0.254 e. The van der Waals surface area contributed by atoms with Crippen LogP contribution in [-0.4, -0.2) is 88.5 Å². The highest BCUT2D eigenvalue weighted by atomic mass is 16.5. The van der Waals surface area contributed by atoms with Crippen molar-refractivity contribution in [2.75, 3.05) is 39.4 Å². The monoisotopic (exact) mass is 1120 g/mol. The summed E-state index contributed by atoms with van der Waals surface area (Å²) in [5, 5.41) is 56.3. The van der Waals surface area contributed by atoms with Crippen LogP contribution in [0.4, 0.5) is 5.69 Å². The lowest BCUT2D eigenvalue weighted by Crippen LogP contribution is -2.65. The highest BCUT2D eigenvalue weighted by molar-refractivity contribution is 6.13. The molecule has 2 amide bonds. The number of methoxy groups -OCH3 is 2. The lowest BCUT2D eigenvalue weighted by atomic mass is 9.47. The Morgan fingerprint density at radius 2 is 1.55 bits per heavy atom. The number of nitrogens with zero attached hydrogens (tertiary/aromatic N) is 1. The molecule has 11 atom stereocenters. The number of aromatic hydroxyl groups is 1. The molecule has 3 saturated carbocycles. The van der Waals surface area contributed by atoms with Gasteiger partial charge in [-0.1, -0.05) is 82.4 Å². The molecule has 4 aromatic rings. The van der Waals surface area contributed by atoms with Crippen molar-refractivity contribution in [1.29, 1.82) is 0 Å². The molecule has 4 aromatic carbocycles. The average Bonchev–Trinajstić information content (AvgIpc) is 3.95. The van der Waals surface area contributed by atoms with E-state index in [-0.39, 0.29) is 66.8 Å². The molecule has 9 aliphatic rings. The van der Waals surface area contributed by atoms with Crippen LogP contribution in [0.5, 0.6) is 34.5 Å². The van der Waals surface area contributed by atoms with E-state index in [4.69, 9.17) is 23.7 Å². The molecule has 4 fully saturated rings. The Morgan fingerprint density at radius 1 is 0.793 bits per heavy atom. The van der Waals surface area contributed by atoms with Gasteiger partial charge >= 0.3 is 0 Å². The number of fused-ring (bicyclic) bond motifs is 6. The number of allylic oxidation sites excluding steroid dienone is 1. The van der Waals surface area contributed by atoms with Crippen molar-refractivity contribution in [2.45, 2.75) is 171 Å². The number of anilines is 1. The predicted octanol–water partition coefficient (Wildman–Crippen LogP) is 11.5. The molecule has 0 spiro atoms. The molecule has 0 aromatic heterocycles. The third kappa shape index (κ3) is 8.76. The number of imide groups is 1. The molecule has 6 N–H and O–H groups in total. The van der Waals surface area contributed by atoms with Crippen LogP contribution in [0, 0.1) is 35.5 Å². The maximum absolute atomic E-state index is 13.7. The van der Waals surface area contributed by atoms with E-state index in [9.17, 15) is 30.0 Å². The number of amides is 2. The predicted molar refractivity (Wildman–Crippen MR) is 313 cm³/mol. The van der Waals surface area contributed by atoms with E-state index in [1.807, 2.05) is 24.3 Å². The Labute approximate surface area is 482 Å². The topological polar surface area (TPSA) is 189 Å². The zero-order chi connectivity index (χ0) is 56.8. The van der Waals surface area contributed by atoms with Crippen LogP contribution in [-0.2, 0) is 27.8 Å². The van der Waals surface area contributed by atoms with Gasteiger partial charge in [0.25, 0.3) is 11.8 Å². The molecule has 13 rings (SSSR count). The number of benzene rings is 4. The van der Waals surface area contributed by atoms with Crippen molar-refractivity contribution in [1.82, 2.24) is 10.2 Å². The van der Waals surface area contributed by atoms with Crippen LogP contribution in [0.2, 0.25) is 0 Å². The van der Waals surface area contributed by atoms with Gasteiger partial charge in [0, 0.05) is 87.9 Å². The number of phenolic OH excluding ortho intramolecular Hbond substituents is 1. The van der Waals surface area contributed by atoms with Gasteiger partial charge in [-0.15, -0.1) is 0 Å². The Balaban J connectivity index is 0.832. The fourth-order valence-electron chi connectivity index (χ4n) is 17.9. The summed E-state index contributed by atoms with van der Waals surface area (Å²) in [5.41, 5.74) is 6.71. The second kappa shape index (κ2) is 21.5. The molecule has 0 unspecified atom stereocenters. The van der Waals surface area contributed by atoms with Crippen molar-refractivity contribution < 1.29 is 53.7 Å². The first-order valence-corrected chi connectivity index (χ1v) is 30.9. The molecule has 0 radical (unpaired) electrons. The molecule has 5 aliphatic carbocycles. The Hall–Kier alpha value is -6.06. The van der Waals surface area contributed by atoms with E-state index >= 15 is 0 Å². The lowest BCUT2D eigenvalue weighted by Gasteiger charge is -2.60. The van der Waals surface area contributed by atoms with Gasteiger partial charge in [-0.3, -0.25) is 19.8 Å². The summed E-state index contributed by atoms with van der Waals surface area (Å²) in [7, 11) is 3.20. The minimum absolute atomic E-state index is 0.0341. The second-order valence-corrected chi connectivity index (χ2v) is 26.1.